The molecule has 0 aliphatic carbocycles. The van der Waals surface area contributed by atoms with Crippen molar-refractivity contribution in [2.75, 3.05) is 27.3 Å². The number of fused-ring (bicyclic) bond motifs is 1. The average Bonchev–Trinajstić information content (AvgIpc) is 3.09. The third-order valence-corrected chi connectivity index (χ3v) is 5.80. The van der Waals surface area contributed by atoms with E-state index in [4.69, 9.17) is 13.9 Å². The van der Waals surface area contributed by atoms with Gasteiger partial charge in [-0.25, -0.2) is 4.79 Å². The standard InChI is InChI=1S/C23H26N2O5/c1-14-11-15(2)21-19(12-14)25(23(27)30-21)16-7-9-24(10-8-16)22(26)18-6-5-17(28-3)13-20(18)29-4/h5-6,11-13,16H,7-10H2,1-4H3. The van der Waals surface area contributed by atoms with E-state index >= 15 is 0 Å². The summed E-state index contributed by atoms with van der Waals surface area (Å²) in [5.41, 5.74) is 4.04. The number of carbonyl (C=O) groups excluding carboxylic acids is 1. The maximum atomic E-state index is 13.1. The van der Waals surface area contributed by atoms with Crippen LogP contribution in [0.4, 0.5) is 0 Å². The Morgan fingerprint density at radius 1 is 1.07 bits per heavy atom. The third-order valence-electron chi connectivity index (χ3n) is 5.80. The minimum absolute atomic E-state index is 0.00163. The number of likely N-dealkylation sites (tertiary alicyclic amines) is 1. The van der Waals surface area contributed by atoms with Gasteiger partial charge >= 0.3 is 5.76 Å². The van der Waals surface area contributed by atoms with Crippen molar-refractivity contribution in [3.05, 3.63) is 57.6 Å². The molecule has 2 heterocycles. The van der Waals surface area contributed by atoms with Gasteiger partial charge in [0.15, 0.2) is 5.58 Å². The number of nitrogens with zero attached hydrogens (tertiary/aromatic N) is 2. The number of ether oxygens (including phenoxy) is 2. The summed E-state index contributed by atoms with van der Waals surface area (Å²) in [7, 11) is 3.11. The van der Waals surface area contributed by atoms with E-state index in [0.29, 0.717) is 48.6 Å². The molecule has 30 heavy (non-hydrogen) atoms. The van der Waals surface area contributed by atoms with Gasteiger partial charge in [0.05, 0.1) is 25.3 Å². The monoisotopic (exact) mass is 410 g/mol. The maximum Gasteiger partial charge on any atom is 0.420 e. The smallest absolute Gasteiger partial charge is 0.420 e. The number of hydrogen-bond donors (Lipinski definition) is 0. The highest BCUT2D eigenvalue weighted by Gasteiger charge is 2.29. The fourth-order valence-corrected chi connectivity index (χ4v) is 4.30. The molecule has 1 aliphatic rings. The van der Waals surface area contributed by atoms with Crippen LogP contribution in [0.25, 0.3) is 11.1 Å². The van der Waals surface area contributed by atoms with Gasteiger partial charge < -0.3 is 18.8 Å². The van der Waals surface area contributed by atoms with Gasteiger partial charge in [-0.2, -0.15) is 0 Å². The second kappa shape index (κ2) is 7.89. The first-order valence-corrected chi connectivity index (χ1v) is 10.1. The summed E-state index contributed by atoms with van der Waals surface area (Å²) >= 11 is 0. The molecule has 0 atom stereocenters. The highest BCUT2D eigenvalue weighted by atomic mass is 16.5. The number of piperidine rings is 1. The number of methoxy groups -OCH3 is 2. The first-order chi connectivity index (χ1) is 14.4. The van der Waals surface area contributed by atoms with Crippen molar-refractivity contribution >= 4 is 17.0 Å². The molecule has 0 radical (unpaired) electrons. The second-order valence-electron chi connectivity index (χ2n) is 7.76. The first kappa shape index (κ1) is 20.1. The summed E-state index contributed by atoms with van der Waals surface area (Å²) in [4.78, 5) is 27.4. The normalized spacial score (nSPS) is 14.9. The molecule has 7 nitrogen and oxygen atoms in total. The number of aryl methyl sites for hydroxylation is 2. The van der Waals surface area contributed by atoms with Crippen LogP contribution in [-0.4, -0.2) is 42.7 Å². The fourth-order valence-electron chi connectivity index (χ4n) is 4.30. The molecule has 0 spiro atoms. The van der Waals surface area contributed by atoms with Crippen molar-refractivity contribution in [3.8, 4) is 11.5 Å². The number of carbonyl (C=O) groups is 1. The molecule has 1 amide bonds. The van der Waals surface area contributed by atoms with E-state index < -0.39 is 0 Å². The van der Waals surface area contributed by atoms with Crippen LogP contribution in [0, 0.1) is 13.8 Å². The molecule has 0 unspecified atom stereocenters. The molecule has 4 rings (SSSR count). The molecule has 0 N–H and O–H groups in total. The van der Waals surface area contributed by atoms with Crippen molar-refractivity contribution in [3.63, 3.8) is 0 Å². The number of amides is 1. The quantitative estimate of drug-likeness (QED) is 0.656. The van der Waals surface area contributed by atoms with E-state index in [1.807, 2.05) is 30.9 Å². The molecule has 1 aliphatic heterocycles. The van der Waals surface area contributed by atoms with Gasteiger partial charge in [0.2, 0.25) is 0 Å². The lowest BCUT2D eigenvalue weighted by molar-refractivity contribution is 0.0690. The summed E-state index contributed by atoms with van der Waals surface area (Å²) in [6.07, 6.45) is 1.37. The zero-order valence-electron chi connectivity index (χ0n) is 17.7. The van der Waals surface area contributed by atoms with Crippen LogP contribution in [0.5, 0.6) is 11.5 Å². The van der Waals surface area contributed by atoms with Crippen LogP contribution in [0.3, 0.4) is 0 Å². The SMILES string of the molecule is COc1ccc(C(=O)N2CCC(n3c(=O)oc4c(C)cc(C)cc43)CC2)c(OC)c1. The zero-order chi connectivity index (χ0) is 21.4. The Hall–Kier alpha value is -3.22. The van der Waals surface area contributed by atoms with Gasteiger partial charge in [0.1, 0.15) is 11.5 Å². The number of rotatable bonds is 4. The summed E-state index contributed by atoms with van der Waals surface area (Å²) in [5.74, 6) is 0.715. The molecule has 0 bridgehead atoms. The van der Waals surface area contributed by atoms with Crippen LogP contribution in [0.15, 0.2) is 39.5 Å². The molecular formula is C23H26N2O5. The van der Waals surface area contributed by atoms with Crippen LogP contribution in [0.1, 0.15) is 40.4 Å². The van der Waals surface area contributed by atoms with E-state index in [0.717, 1.165) is 16.6 Å². The molecule has 3 aromatic rings. The van der Waals surface area contributed by atoms with Crippen molar-refractivity contribution in [2.45, 2.75) is 32.7 Å². The Balaban J connectivity index is 1.55. The topological polar surface area (TPSA) is 73.9 Å². The number of oxazole rings is 1. The molecule has 1 saturated heterocycles. The lowest BCUT2D eigenvalue weighted by Crippen LogP contribution is -2.40. The lowest BCUT2D eigenvalue weighted by Gasteiger charge is -2.32. The summed E-state index contributed by atoms with van der Waals surface area (Å²) in [6, 6.07) is 9.20. The minimum Gasteiger partial charge on any atom is -0.497 e. The summed E-state index contributed by atoms with van der Waals surface area (Å²) in [5, 5.41) is 0. The molecule has 7 heteroatoms. The Kier molecular flexibility index (Phi) is 5.28. The van der Waals surface area contributed by atoms with E-state index in [1.165, 1.54) is 7.11 Å². The van der Waals surface area contributed by atoms with Gasteiger partial charge in [0.25, 0.3) is 5.91 Å². The van der Waals surface area contributed by atoms with Gasteiger partial charge in [-0.3, -0.25) is 9.36 Å². The molecule has 2 aromatic carbocycles. The molecule has 158 valence electrons. The minimum atomic E-state index is -0.333. The summed E-state index contributed by atoms with van der Waals surface area (Å²) < 4.78 is 17.9. The molecule has 0 saturated carbocycles. The number of benzene rings is 2. The number of hydrogen-bond acceptors (Lipinski definition) is 5. The Bertz CT molecular complexity index is 1150. The Morgan fingerprint density at radius 2 is 1.80 bits per heavy atom. The van der Waals surface area contributed by atoms with Gasteiger partial charge in [0, 0.05) is 25.2 Å². The van der Waals surface area contributed by atoms with Crippen molar-refractivity contribution in [1.29, 1.82) is 0 Å². The number of aromatic nitrogens is 1. The Labute approximate surface area is 174 Å². The van der Waals surface area contributed by atoms with Gasteiger partial charge in [-0.15, -0.1) is 0 Å². The highest BCUT2D eigenvalue weighted by Crippen LogP contribution is 2.30. The van der Waals surface area contributed by atoms with Crippen molar-refractivity contribution in [2.24, 2.45) is 0 Å². The van der Waals surface area contributed by atoms with Crippen LogP contribution in [-0.2, 0) is 0 Å². The second-order valence-corrected chi connectivity index (χ2v) is 7.76. The largest absolute Gasteiger partial charge is 0.497 e. The first-order valence-electron chi connectivity index (χ1n) is 10.1. The predicted molar refractivity (Wildman–Crippen MR) is 114 cm³/mol. The van der Waals surface area contributed by atoms with E-state index in [-0.39, 0.29) is 17.7 Å². The molecule has 1 fully saturated rings. The van der Waals surface area contributed by atoms with Gasteiger partial charge in [-0.05, 0) is 56.0 Å². The zero-order valence-corrected chi connectivity index (χ0v) is 17.7. The third kappa shape index (κ3) is 3.44. The van der Waals surface area contributed by atoms with Crippen LogP contribution >= 0.6 is 0 Å². The van der Waals surface area contributed by atoms with Crippen molar-refractivity contribution in [1.82, 2.24) is 9.47 Å². The molecular weight excluding hydrogens is 384 g/mol. The lowest BCUT2D eigenvalue weighted by atomic mass is 10.0. The van der Waals surface area contributed by atoms with E-state index in [1.54, 1.807) is 29.9 Å². The highest BCUT2D eigenvalue weighted by molar-refractivity contribution is 5.97. The molecule has 1 aromatic heterocycles. The summed E-state index contributed by atoms with van der Waals surface area (Å²) in [6.45, 7) is 5.08. The predicted octanol–water partition coefficient (Wildman–Crippen LogP) is 3.71. The van der Waals surface area contributed by atoms with Crippen LogP contribution < -0.4 is 15.2 Å². The fraction of sp³-hybridized carbons (Fsp3) is 0.391. The Morgan fingerprint density at radius 3 is 2.47 bits per heavy atom. The average molecular weight is 410 g/mol. The van der Waals surface area contributed by atoms with Crippen molar-refractivity contribution < 1.29 is 18.7 Å². The van der Waals surface area contributed by atoms with Gasteiger partial charge in [-0.1, -0.05) is 6.07 Å². The maximum absolute atomic E-state index is 13.1. The van der Waals surface area contributed by atoms with E-state index in [9.17, 15) is 9.59 Å². The van der Waals surface area contributed by atoms with Crippen LogP contribution in [0.2, 0.25) is 0 Å². The van der Waals surface area contributed by atoms with E-state index in [2.05, 4.69) is 0 Å².